The highest BCUT2D eigenvalue weighted by Crippen LogP contribution is 2.55. The fourth-order valence-corrected chi connectivity index (χ4v) is 5.19. The van der Waals surface area contributed by atoms with E-state index in [1.807, 2.05) is 48.5 Å². The number of carbonyl (C=O) groups is 3. The molecule has 0 saturated carbocycles. The summed E-state index contributed by atoms with van der Waals surface area (Å²) in [4.78, 5) is 38.0. The molecule has 0 unspecified atom stereocenters. The predicted octanol–water partition coefficient (Wildman–Crippen LogP) is 3.15. The van der Waals surface area contributed by atoms with Crippen LogP contribution in [0, 0.1) is 0 Å². The Hall–Kier alpha value is -2.65. The molecule has 0 aliphatic carbocycles. The Morgan fingerprint density at radius 1 is 1.17 bits per heavy atom. The number of hydrazone groups is 1. The SMILES string of the molecule is CC(=O)NC1=NN(C(C)=O)[C@@]2(S1)C(=O)N(Cc1ccccc1)c1ccc(Br)cc12. The molecule has 29 heavy (non-hydrogen) atoms. The third-order valence-electron chi connectivity index (χ3n) is 4.65. The Labute approximate surface area is 180 Å². The summed E-state index contributed by atoms with van der Waals surface area (Å²) in [5.41, 5.74) is 2.32. The van der Waals surface area contributed by atoms with Gasteiger partial charge in [-0.25, -0.2) is 0 Å². The summed E-state index contributed by atoms with van der Waals surface area (Å²) in [6, 6.07) is 15.2. The van der Waals surface area contributed by atoms with Crippen LogP contribution < -0.4 is 10.2 Å². The van der Waals surface area contributed by atoms with Crippen LogP contribution in [-0.4, -0.2) is 27.9 Å². The van der Waals surface area contributed by atoms with Crippen molar-refractivity contribution >= 4 is 56.3 Å². The molecule has 2 aliphatic rings. The van der Waals surface area contributed by atoms with Crippen LogP contribution in [0.15, 0.2) is 58.1 Å². The van der Waals surface area contributed by atoms with Crippen molar-refractivity contribution in [2.75, 3.05) is 4.90 Å². The summed E-state index contributed by atoms with van der Waals surface area (Å²) in [5, 5.41) is 8.24. The fraction of sp³-hybridized carbons (Fsp3) is 0.200. The topological polar surface area (TPSA) is 82.1 Å². The Bertz CT molecular complexity index is 1060. The fourth-order valence-electron chi connectivity index (χ4n) is 3.51. The van der Waals surface area contributed by atoms with Crippen molar-refractivity contribution in [3.63, 3.8) is 0 Å². The maximum absolute atomic E-state index is 13.8. The third kappa shape index (κ3) is 3.24. The number of benzene rings is 2. The number of fused-ring (bicyclic) bond motifs is 2. The normalized spacial score (nSPS) is 20.1. The van der Waals surface area contributed by atoms with Gasteiger partial charge in [0.2, 0.25) is 16.7 Å². The van der Waals surface area contributed by atoms with E-state index in [0.29, 0.717) is 17.8 Å². The number of carbonyl (C=O) groups excluding carboxylic acids is 3. The van der Waals surface area contributed by atoms with Gasteiger partial charge in [-0.2, -0.15) is 5.01 Å². The molecule has 2 aromatic rings. The minimum Gasteiger partial charge on any atom is -0.304 e. The van der Waals surface area contributed by atoms with Gasteiger partial charge in [-0.05, 0) is 35.5 Å². The van der Waals surface area contributed by atoms with Gasteiger partial charge in [0, 0.05) is 23.9 Å². The number of halogens is 1. The maximum atomic E-state index is 13.8. The number of rotatable bonds is 2. The zero-order valence-electron chi connectivity index (χ0n) is 15.7. The van der Waals surface area contributed by atoms with E-state index in [-0.39, 0.29) is 17.0 Å². The summed E-state index contributed by atoms with van der Waals surface area (Å²) in [6.45, 7) is 3.07. The molecule has 0 aromatic heterocycles. The Morgan fingerprint density at radius 2 is 1.90 bits per heavy atom. The van der Waals surface area contributed by atoms with E-state index in [1.54, 1.807) is 4.90 Å². The summed E-state index contributed by atoms with van der Waals surface area (Å²) >= 11 is 4.54. The van der Waals surface area contributed by atoms with E-state index < -0.39 is 10.8 Å². The highest BCUT2D eigenvalue weighted by molar-refractivity contribution is 9.10. The molecule has 2 heterocycles. The Balaban J connectivity index is 1.83. The zero-order chi connectivity index (χ0) is 20.8. The standard InChI is InChI=1S/C20H17BrN4O3S/c1-12(26)22-19-23-25(13(2)27)20(29-19)16-10-15(21)8-9-17(16)24(18(20)28)11-14-6-4-3-5-7-14/h3-10H,11H2,1-2H3,(H,22,23,26)/t20-/m0/s1. The minimum atomic E-state index is -1.39. The van der Waals surface area contributed by atoms with Crippen LogP contribution in [0.4, 0.5) is 5.69 Å². The van der Waals surface area contributed by atoms with Crippen LogP contribution in [0.2, 0.25) is 0 Å². The molecule has 7 nitrogen and oxygen atoms in total. The van der Waals surface area contributed by atoms with E-state index >= 15 is 0 Å². The van der Waals surface area contributed by atoms with Crippen molar-refractivity contribution in [2.24, 2.45) is 5.10 Å². The molecule has 1 atom stereocenters. The second-order valence-electron chi connectivity index (χ2n) is 6.70. The first-order valence-corrected chi connectivity index (χ1v) is 10.5. The van der Waals surface area contributed by atoms with Gasteiger partial charge in [-0.15, -0.1) is 5.10 Å². The number of hydrogen-bond donors (Lipinski definition) is 1. The van der Waals surface area contributed by atoms with Crippen LogP contribution >= 0.6 is 27.7 Å². The molecule has 1 N–H and O–H groups in total. The number of amidine groups is 1. The largest absolute Gasteiger partial charge is 0.304 e. The summed E-state index contributed by atoms with van der Waals surface area (Å²) in [5.74, 6) is -0.990. The molecular weight excluding hydrogens is 456 g/mol. The van der Waals surface area contributed by atoms with Crippen molar-refractivity contribution in [3.05, 3.63) is 64.1 Å². The van der Waals surface area contributed by atoms with Crippen molar-refractivity contribution in [3.8, 4) is 0 Å². The second kappa shape index (κ2) is 7.31. The lowest BCUT2D eigenvalue weighted by Crippen LogP contribution is -2.48. The molecule has 3 amide bonds. The summed E-state index contributed by atoms with van der Waals surface area (Å²) in [6.07, 6.45) is 0. The van der Waals surface area contributed by atoms with Gasteiger partial charge < -0.3 is 10.2 Å². The molecule has 9 heteroatoms. The van der Waals surface area contributed by atoms with E-state index in [4.69, 9.17) is 0 Å². The van der Waals surface area contributed by atoms with Crippen LogP contribution in [0.25, 0.3) is 0 Å². The molecular formula is C20H17BrN4O3S. The quantitative estimate of drug-likeness (QED) is 0.727. The van der Waals surface area contributed by atoms with Crippen molar-refractivity contribution in [1.82, 2.24) is 10.3 Å². The van der Waals surface area contributed by atoms with Crippen molar-refractivity contribution in [1.29, 1.82) is 0 Å². The van der Waals surface area contributed by atoms with E-state index in [1.165, 1.54) is 18.9 Å². The lowest BCUT2D eigenvalue weighted by molar-refractivity contribution is -0.139. The van der Waals surface area contributed by atoms with E-state index in [9.17, 15) is 14.4 Å². The molecule has 0 saturated heterocycles. The molecule has 148 valence electrons. The zero-order valence-corrected chi connectivity index (χ0v) is 18.1. The van der Waals surface area contributed by atoms with Gasteiger partial charge in [-0.3, -0.25) is 14.4 Å². The van der Waals surface area contributed by atoms with Gasteiger partial charge in [0.25, 0.3) is 5.91 Å². The third-order valence-corrected chi connectivity index (χ3v) is 6.38. The molecule has 1 spiro atoms. The van der Waals surface area contributed by atoms with Crippen LogP contribution in [0.5, 0.6) is 0 Å². The van der Waals surface area contributed by atoms with Gasteiger partial charge >= 0.3 is 0 Å². The number of anilines is 1. The highest BCUT2D eigenvalue weighted by atomic mass is 79.9. The minimum absolute atomic E-state index is 0.216. The molecule has 0 radical (unpaired) electrons. The van der Waals surface area contributed by atoms with E-state index in [2.05, 4.69) is 26.3 Å². The van der Waals surface area contributed by atoms with Gasteiger partial charge in [-0.1, -0.05) is 46.3 Å². The van der Waals surface area contributed by atoms with Gasteiger partial charge in [0.1, 0.15) is 0 Å². The molecule has 0 bridgehead atoms. The maximum Gasteiger partial charge on any atom is 0.271 e. The average Bonchev–Trinajstić information content (AvgIpc) is 3.15. The van der Waals surface area contributed by atoms with Crippen LogP contribution in [0.1, 0.15) is 25.0 Å². The number of thioether (sulfide) groups is 1. The van der Waals surface area contributed by atoms with Crippen LogP contribution in [0.3, 0.4) is 0 Å². The first-order chi connectivity index (χ1) is 13.8. The molecule has 2 aromatic carbocycles. The summed E-state index contributed by atoms with van der Waals surface area (Å²) in [7, 11) is 0. The van der Waals surface area contributed by atoms with Crippen LogP contribution in [-0.2, 0) is 25.8 Å². The second-order valence-corrected chi connectivity index (χ2v) is 8.80. The predicted molar refractivity (Wildman–Crippen MR) is 115 cm³/mol. The van der Waals surface area contributed by atoms with Gasteiger partial charge in [0.15, 0.2) is 5.17 Å². The average molecular weight is 473 g/mol. The Kier molecular flexibility index (Phi) is 4.95. The molecule has 2 aliphatic heterocycles. The number of nitrogens with zero attached hydrogens (tertiary/aromatic N) is 3. The first kappa shape index (κ1) is 19.7. The first-order valence-electron chi connectivity index (χ1n) is 8.85. The smallest absolute Gasteiger partial charge is 0.271 e. The highest BCUT2D eigenvalue weighted by Gasteiger charge is 2.61. The van der Waals surface area contributed by atoms with Crippen molar-refractivity contribution in [2.45, 2.75) is 25.3 Å². The lowest BCUT2D eigenvalue weighted by Gasteiger charge is -2.29. The van der Waals surface area contributed by atoms with Gasteiger partial charge in [0.05, 0.1) is 12.2 Å². The monoisotopic (exact) mass is 472 g/mol. The molecule has 4 rings (SSSR count). The lowest BCUT2D eigenvalue weighted by atomic mass is 10.1. The number of hydrogen-bond acceptors (Lipinski definition) is 5. The van der Waals surface area contributed by atoms with E-state index in [0.717, 1.165) is 21.8 Å². The number of amides is 3. The summed E-state index contributed by atoms with van der Waals surface area (Å²) < 4.78 is 0.780. The Morgan fingerprint density at radius 3 is 2.55 bits per heavy atom. The number of nitrogens with one attached hydrogen (secondary N) is 1. The molecule has 0 fully saturated rings. The van der Waals surface area contributed by atoms with Crippen molar-refractivity contribution < 1.29 is 14.4 Å².